The van der Waals surface area contributed by atoms with Crippen LogP contribution in [0.15, 0.2) is 59.5 Å². The maximum absolute atomic E-state index is 12.1. The highest BCUT2D eigenvalue weighted by Crippen LogP contribution is 2.16. The molecule has 0 aliphatic heterocycles. The molecule has 0 bridgehead atoms. The third-order valence-electron chi connectivity index (χ3n) is 3.76. The van der Waals surface area contributed by atoms with Gasteiger partial charge in [-0.25, -0.2) is 13.1 Å². The van der Waals surface area contributed by atoms with Crippen molar-refractivity contribution in [3.63, 3.8) is 0 Å². The van der Waals surface area contributed by atoms with Crippen molar-refractivity contribution in [3.8, 4) is 0 Å². The highest BCUT2D eigenvalue weighted by molar-refractivity contribution is 7.89. The second-order valence-corrected chi connectivity index (χ2v) is 7.72. The Morgan fingerprint density at radius 1 is 1.18 bits per heavy atom. The number of carbonyl (C=O) groups is 1. The molecule has 0 atom stereocenters. The van der Waals surface area contributed by atoms with E-state index in [0.29, 0.717) is 17.8 Å². The van der Waals surface area contributed by atoms with Crippen molar-refractivity contribution in [1.29, 1.82) is 0 Å². The van der Waals surface area contributed by atoms with Gasteiger partial charge in [-0.3, -0.25) is 14.9 Å². The van der Waals surface area contributed by atoms with E-state index in [4.69, 9.17) is 0 Å². The Bertz CT molecular complexity index is 969. The summed E-state index contributed by atoms with van der Waals surface area (Å²) in [5.41, 5.74) is 0.886. The fraction of sp³-hybridized carbons (Fsp3) is 0.211. The van der Waals surface area contributed by atoms with Gasteiger partial charge in [-0.05, 0) is 42.3 Å². The van der Waals surface area contributed by atoms with Crippen LogP contribution in [-0.4, -0.2) is 25.8 Å². The van der Waals surface area contributed by atoms with Crippen LogP contribution in [0.3, 0.4) is 0 Å². The number of benzene rings is 2. The predicted molar refractivity (Wildman–Crippen MR) is 107 cm³/mol. The summed E-state index contributed by atoms with van der Waals surface area (Å²) in [6, 6.07) is 11.7. The van der Waals surface area contributed by atoms with Gasteiger partial charge in [0.15, 0.2) is 0 Å². The average Bonchev–Trinajstić information content (AvgIpc) is 2.67. The molecule has 28 heavy (non-hydrogen) atoms. The number of rotatable bonds is 9. The number of sulfonamides is 1. The first kappa shape index (κ1) is 21.3. The Balaban J connectivity index is 1.99. The lowest BCUT2D eigenvalue weighted by Crippen LogP contribution is -2.24. The largest absolute Gasteiger partial charge is 0.323 e. The van der Waals surface area contributed by atoms with Crippen LogP contribution in [0.4, 0.5) is 11.4 Å². The van der Waals surface area contributed by atoms with E-state index in [9.17, 15) is 23.3 Å². The zero-order valence-electron chi connectivity index (χ0n) is 15.3. The summed E-state index contributed by atoms with van der Waals surface area (Å²) in [5.74, 6) is -0.441. The molecule has 1 amide bonds. The van der Waals surface area contributed by atoms with Gasteiger partial charge >= 0.3 is 0 Å². The summed E-state index contributed by atoms with van der Waals surface area (Å²) in [6.45, 7) is 2.35. The quantitative estimate of drug-likeness (QED) is 0.288. The molecule has 8 nitrogen and oxygen atoms in total. The van der Waals surface area contributed by atoms with Gasteiger partial charge in [0.25, 0.3) is 5.69 Å². The average molecular weight is 403 g/mol. The van der Waals surface area contributed by atoms with Crippen LogP contribution >= 0.6 is 0 Å². The molecule has 9 heteroatoms. The third-order valence-corrected chi connectivity index (χ3v) is 5.24. The Hall–Kier alpha value is -3.04. The fourth-order valence-electron chi connectivity index (χ4n) is 2.28. The van der Waals surface area contributed by atoms with Gasteiger partial charge in [-0.15, -0.1) is 0 Å². The Kier molecular flexibility index (Phi) is 7.42. The monoisotopic (exact) mass is 403 g/mol. The van der Waals surface area contributed by atoms with Crippen molar-refractivity contribution in [2.24, 2.45) is 0 Å². The molecule has 2 aromatic carbocycles. The van der Waals surface area contributed by atoms with E-state index in [0.717, 1.165) is 12.8 Å². The van der Waals surface area contributed by atoms with Crippen molar-refractivity contribution < 1.29 is 18.1 Å². The molecule has 0 aromatic heterocycles. The standard InChI is InChI=1S/C19H21N3O5S/c1-2-3-13-20-28(26,27)18-10-8-16(9-11-18)21-19(23)12-7-15-5-4-6-17(14-15)22(24)25/h4-12,14,20H,2-3,13H2,1H3,(H,21,23)/b12-7+. The molecule has 0 heterocycles. The van der Waals surface area contributed by atoms with Crippen molar-refractivity contribution in [2.45, 2.75) is 24.7 Å². The van der Waals surface area contributed by atoms with E-state index in [1.165, 1.54) is 54.6 Å². The smallest absolute Gasteiger partial charge is 0.270 e. The molecule has 0 aliphatic carbocycles. The number of nitrogens with one attached hydrogen (secondary N) is 2. The Morgan fingerprint density at radius 3 is 2.54 bits per heavy atom. The van der Waals surface area contributed by atoms with Gasteiger partial charge in [0.2, 0.25) is 15.9 Å². The molecule has 0 fully saturated rings. The number of nitro benzene ring substituents is 1. The normalized spacial score (nSPS) is 11.5. The molecule has 0 unspecified atom stereocenters. The minimum Gasteiger partial charge on any atom is -0.323 e. The number of hydrogen-bond donors (Lipinski definition) is 2. The van der Waals surface area contributed by atoms with E-state index < -0.39 is 20.9 Å². The number of anilines is 1. The molecule has 2 aromatic rings. The number of unbranched alkanes of at least 4 members (excludes halogenated alkanes) is 1. The number of non-ortho nitro benzene ring substituents is 1. The minimum absolute atomic E-state index is 0.0631. The number of hydrogen-bond acceptors (Lipinski definition) is 5. The lowest BCUT2D eigenvalue weighted by atomic mass is 10.2. The molecule has 0 aliphatic rings. The lowest BCUT2D eigenvalue weighted by molar-refractivity contribution is -0.384. The molecule has 2 rings (SSSR count). The highest BCUT2D eigenvalue weighted by atomic mass is 32.2. The second kappa shape index (κ2) is 9.77. The lowest BCUT2D eigenvalue weighted by Gasteiger charge is -2.07. The fourth-order valence-corrected chi connectivity index (χ4v) is 3.36. The maximum Gasteiger partial charge on any atom is 0.270 e. The maximum atomic E-state index is 12.1. The number of nitro groups is 1. The summed E-state index contributed by atoms with van der Waals surface area (Å²) >= 11 is 0. The zero-order chi connectivity index (χ0) is 20.6. The molecule has 148 valence electrons. The van der Waals surface area contributed by atoms with Gasteiger partial charge in [0.05, 0.1) is 9.82 Å². The minimum atomic E-state index is -3.57. The highest BCUT2D eigenvalue weighted by Gasteiger charge is 2.13. The Labute approximate surface area is 163 Å². The topological polar surface area (TPSA) is 118 Å². The van der Waals surface area contributed by atoms with Crippen molar-refractivity contribution in [2.75, 3.05) is 11.9 Å². The van der Waals surface area contributed by atoms with Crippen LogP contribution in [0, 0.1) is 10.1 Å². The van der Waals surface area contributed by atoms with E-state index >= 15 is 0 Å². The summed E-state index contributed by atoms with van der Waals surface area (Å²) in [7, 11) is -3.57. The van der Waals surface area contributed by atoms with E-state index in [-0.39, 0.29) is 10.6 Å². The third kappa shape index (κ3) is 6.29. The summed E-state index contributed by atoms with van der Waals surface area (Å²) in [6.07, 6.45) is 4.34. The summed E-state index contributed by atoms with van der Waals surface area (Å²) in [4.78, 5) is 22.4. The van der Waals surface area contributed by atoms with Gasteiger partial charge in [-0.2, -0.15) is 0 Å². The number of carbonyl (C=O) groups excluding carboxylic acids is 1. The Morgan fingerprint density at radius 2 is 1.89 bits per heavy atom. The first-order valence-corrected chi connectivity index (χ1v) is 10.1. The molecular formula is C19H21N3O5S. The predicted octanol–water partition coefficient (Wildman–Crippen LogP) is 3.33. The van der Waals surface area contributed by atoms with Crippen LogP contribution in [0.5, 0.6) is 0 Å². The van der Waals surface area contributed by atoms with Crippen LogP contribution < -0.4 is 10.0 Å². The van der Waals surface area contributed by atoms with E-state index in [1.807, 2.05) is 6.92 Å². The molecule has 0 saturated carbocycles. The summed E-state index contributed by atoms with van der Waals surface area (Å²) in [5, 5.41) is 13.4. The van der Waals surface area contributed by atoms with Crippen molar-refractivity contribution in [1.82, 2.24) is 4.72 Å². The van der Waals surface area contributed by atoms with Crippen molar-refractivity contribution >= 4 is 33.4 Å². The zero-order valence-corrected chi connectivity index (χ0v) is 16.1. The summed E-state index contributed by atoms with van der Waals surface area (Å²) < 4.78 is 26.7. The SMILES string of the molecule is CCCCNS(=O)(=O)c1ccc(NC(=O)/C=C/c2cccc([N+](=O)[O-])c2)cc1. The van der Waals surface area contributed by atoms with Gasteiger partial charge in [0, 0.05) is 30.4 Å². The van der Waals surface area contributed by atoms with Crippen molar-refractivity contribution in [3.05, 3.63) is 70.3 Å². The van der Waals surface area contributed by atoms with Gasteiger partial charge < -0.3 is 5.32 Å². The molecular weight excluding hydrogens is 382 g/mol. The molecule has 2 N–H and O–H groups in total. The van der Waals surface area contributed by atoms with Crippen LogP contribution in [0.2, 0.25) is 0 Å². The molecule has 0 radical (unpaired) electrons. The van der Waals surface area contributed by atoms with Crippen LogP contribution in [0.1, 0.15) is 25.3 Å². The molecule has 0 spiro atoms. The first-order valence-electron chi connectivity index (χ1n) is 8.65. The number of amides is 1. The van der Waals surface area contributed by atoms with Gasteiger partial charge in [0.1, 0.15) is 0 Å². The number of nitrogens with zero attached hydrogens (tertiary/aromatic N) is 1. The molecule has 0 saturated heterocycles. The van der Waals surface area contributed by atoms with Crippen LogP contribution in [-0.2, 0) is 14.8 Å². The van der Waals surface area contributed by atoms with E-state index in [2.05, 4.69) is 10.0 Å². The van der Waals surface area contributed by atoms with E-state index in [1.54, 1.807) is 6.07 Å². The van der Waals surface area contributed by atoms with Gasteiger partial charge in [-0.1, -0.05) is 25.5 Å². The first-order chi connectivity index (χ1) is 13.3. The van der Waals surface area contributed by atoms with Crippen LogP contribution in [0.25, 0.3) is 6.08 Å². The second-order valence-electron chi connectivity index (χ2n) is 5.95.